The molecule has 1 aromatic rings. The van der Waals surface area contributed by atoms with E-state index in [0.29, 0.717) is 0 Å². The zero-order valence-electron chi connectivity index (χ0n) is 10.1. The average molecular weight is 271 g/mol. The Bertz CT molecular complexity index is 478. The summed E-state index contributed by atoms with van der Waals surface area (Å²) >= 11 is 0. The van der Waals surface area contributed by atoms with Crippen molar-refractivity contribution in [3.63, 3.8) is 0 Å². The number of non-ortho nitro benzene ring substituents is 1. The molecule has 0 aliphatic heterocycles. The minimum absolute atomic E-state index is 0.0342. The Kier molecular flexibility index (Phi) is 5.15. The molecule has 0 radical (unpaired) electrons. The molecular formula is C10H13N3O6. The fourth-order valence-corrected chi connectivity index (χ4v) is 1.41. The van der Waals surface area contributed by atoms with Gasteiger partial charge in [-0.2, -0.15) is 0 Å². The van der Waals surface area contributed by atoms with E-state index >= 15 is 0 Å². The number of anilines is 1. The van der Waals surface area contributed by atoms with Crippen molar-refractivity contribution in [3.05, 3.63) is 38.4 Å². The lowest BCUT2D eigenvalue weighted by Gasteiger charge is -2.11. The van der Waals surface area contributed by atoms with E-state index in [1.807, 2.05) is 0 Å². The van der Waals surface area contributed by atoms with Crippen LogP contribution in [-0.2, 0) is 4.74 Å². The number of aliphatic hydroxyl groups is 1. The van der Waals surface area contributed by atoms with E-state index in [2.05, 4.69) is 5.32 Å². The number of hydrogen-bond donors (Lipinski definition) is 2. The molecule has 0 fully saturated rings. The highest BCUT2D eigenvalue weighted by Gasteiger charge is 2.19. The zero-order valence-corrected chi connectivity index (χ0v) is 10.1. The SMILES string of the molecule is COCC(O)CNc1ccc([N+](=O)[O-])cc1[N+](=O)[O-]. The van der Waals surface area contributed by atoms with Crippen LogP contribution in [0, 0.1) is 20.2 Å². The molecule has 0 saturated carbocycles. The monoisotopic (exact) mass is 271 g/mol. The van der Waals surface area contributed by atoms with Gasteiger partial charge in [0.05, 0.1) is 28.6 Å². The minimum Gasteiger partial charge on any atom is -0.389 e. The van der Waals surface area contributed by atoms with Gasteiger partial charge in [0.15, 0.2) is 0 Å². The maximum Gasteiger partial charge on any atom is 0.299 e. The van der Waals surface area contributed by atoms with Crippen LogP contribution in [0.25, 0.3) is 0 Å². The number of nitrogens with one attached hydrogen (secondary N) is 1. The fraction of sp³-hybridized carbons (Fsp3) is 0.400. The summed E-state index contributed by atoms with van der Waals surface area (Å²) in [5.41, 5.74) is -0.681. The second-order valence-electron chi connectivity index (χ2n) is 3.71. The van der Waals surface area contributed by atoms with Gasteiger partial charge in [-0.1, -0.05) is 0 Å². The molecule has 1 unspecified atom stereocenters. The van der Waals surface area contributed by atoms with E-state index in [-0.39, 0.29) is 24.5 Å². The topological polar surface area (TPSA) is 128 Å². The van der Waals surface area contributed by atoms with Crippen LogP contribution in [0.4, 0.5) is 17.1 Å². The van der Waals surface area contributed by atoms with Crippen molar-refractivity contribution in [2.45, 2.75) is 6.10 Å². The smallest absolute Gasteiger partial charge is 0.299 e. The van der Waals surface area contributed by atoms with Gasteiger partial charge in [-0.25, -0.2) is 0 Å². The molecule has 0 aliphatic rings. The minimum atomic E-state index is -0.834. The number of nitrogens with zero attached hydrogens (tertiary/aromatic N) is 2. The third-order valence-corrected chi connectivity index (χ3v) is 2.28. The Morgan fingerprint density at radius 1 is 1.37 bits per heavy atom. The number of nitro groups is 2. The molecule has 0 bridgehead atoms. The van der Waals surface area contributed by atoms with Gasteiger partial charge in [0.2, 0.25) is 0 Å². The highest BCUT2D eigenvalue weighted by molar-refractivity contribution is 5.65. The average Bonchev–Trinajstić information content (AvgIpc) is 2.36. The summed E-state index contributed by atoms with van der Waals surface area (Å²) in [5, 5.41) is 33.4. The second kappa shape index (κ2) is 6.61. The van der Waals surface area contributed by atoms with Crippen LogP contribution in [0.3, 0.4) is 0 Å². The summed E-state index contributed by atoms with van der Waals surface area (Å²) in [4.78, 5) is 19.9. The van der Waals surface area contributed by atoms with Crippen molar-refractivity contribution in [2.75, 3.05) is 25.6 Å². The Balaban J connectivity index is 2.88. The summed E-state index contributed by atoms with van der Waals surface area (Å²) in [6, 6.07) is 3.25. The third kappa shape index (κ3) is 4.16. The Morgan fingerprint density at radius 2 is 2.05 bits per heavy atom. The molecule has 0 heterocycles. The first-order chi connectivity index (χ1) is 8.95. The van der Waals surface area contributed by atoms with E-state index in [0.717, 1.165) is 12.1 Å². The molecule has 1 atom stereocenters. The fourth-order valence-electron chi connectivity index (χ4n) is 1.41. The van der Waals surface area contributed by atoms with E-state index in [9.17, 15) is 25.3 Å². The summed E-state index contributed by atoms with van der Waals surface area (Å²) < 4.78 is 4.71. The van der Waals surface area contributed by atoms with Crippen molar-refractivity contribution < 1.29 is 19.7 Å². The highest BCUT2D eigenvalue weighted by atomic mass is 16.6. The van der Waals surface area contributed by atoms with Crippen molar-refractivity contribution >= 4 is 17.1 Å². The van der Waals surface area contributed by atoms with Crippen LogP contribution in [0.5, 0.6) is 0 Å². The lowest BCUT2D eigenvalue weighted by atomic mass is 10.2. The molecule has 2 N–H and O–H groups in total. The summed E-state index contributed by atoms with van der Waals surface area (Å²) in [6.45, 7) is 0.111. The molecule has 9 nitrogen and oxygen atoms in total. The Hall–Kier alpha value is -2.26. The molecule has 9 heteroatoms. The molecule has 0 saturated heterocycles. The molecule has 19 heavy (non-hydrogen) atoms. The van der Waals surface area contributed by atoms with Gasteiger partial charge in [-0.15, -0.1) is 0 Å². The van der Waals surface area contributed by atoms with Gasteiger partial charge >= 0.3 is 0 Å². The number of hydrogen-bond acceptors (Lipinski definition) is 7. The van der Waals surface area contributed by atoms with Crippen molar-refractivity contribution in [3.8, 4) is 0 Å². The number of rotatable bonds is 7. The van der Waals surface area contributed by atoms with E-state index < -0.39 is 21.6 Å². The van der Waals surface area contributed by atoms with E-state index in [1.54, 1.807) is 0 Å². The summed E-state index contributed by atoms with van der Waals surface area (Å²) in [7, 11) is 1.41. The van der Waals surface area contributed by atoms with Crippen LogP contribution >= 0.6 is 0 Å². The van der Waals surface area contributed by atoms with Gasteiger partial charge in [-0.3, -0.25) is 20.2 Å². The molecule has 1 rings (SSSR count). The molecule has 0 aliphatic carbocycles. The Morgan fingerprint density at radius 3 is 2.58 bits per heavy atom. The van der Waals surface area contributed by atoms with E-state index in [1.165, 1.54) is 13.2 Å². The molecule has 0 amide bonds. The number of ether oxygens (including phenoxy) is 1. The lowest BCUT2D eigenvalue weighted by Crippen LogP contribution is -2.24. The second-order valence-corrected chi connectivity index (χ2v) is 3.71. The quantitative estimate of drug-likeness (QED) is 0.557. The first kappa shape index (κ1) is 14.8. The van der Waals surface area contributed by atoms with Crippen LogP contribution in [-0.4, -0.2) is 41.3 Å². The number of aliphatic hydroxyl groups excluding tert-OH is 1. The molecule has 1 aromatic carbocycles. The third-order valence-electron chi connectivity index (χ3n) is 2.28. The van der Waals surface area contributed by atoms with Crippen molar-refractivity contribution in [1.29, 1.82) is 0 Å². The first-order valence-electron chi connectivity index (χ1n) is 5.29. The number of benzene rings is 1. The van der Waals surface area contributed by atoms with Gasteiger partial charge in [-0.05, 0) is 6.07 Å². The number of methoxy groups -OCH3 is 1. The van der Waals surface area contributed by atoms with Crippen LogP contribution in [0.15, 0.2) is 18.2 Å². The van der Waals surface area contributed by atoms with Gasteiger partial charge < -0.3 is 15.2 Å². The zero-order chi connectivity index (χ0) is 14.4. The maximum atomic E-state index is 10.8. The summed E-state index contributed by atoms with van der Waals surface area (Å²) in [6.07, 6.45) is -0.834. The van der Waals surface area contributed by atoms with Gasteiger partial charge in [0.1, 0.15) is 5.69 Å². The predicted molar refractivity (Wildman–Crippen MR) is 66.1 cm³/mol. The largest absolute Gasteiger partial charge is 0.389 e. The van der Waals surface area contributed by atoms with Crippen LogP contribution in [0.1, 0.15) is 0 Å². The first-order valence-corrected chi connectivity index (χ1v) is 5.29. The maximum absolute atomic E-state index is 10.8. The standard InChI is InChI=1S/C10H13N3O6/c1-19-6-8(14)5-11-9-3-2-7(12(15)16)4-10(9)13(17)18/h2-4,8,11,14H,5-6H2,1H3. The normalized spacial score (nSPS) is 11.9. The van der Waals surface area contributed by atoms with Crippen molar-refractivity contribution in [2.24, 2.45) is 0 Å². The molecular weight excluding hydrogens is 258 g/mol. The van der Waals surface area contributed by atoms with Gasteiger partial charge in [0, 0.05) is 19.7 Å². The molecule has 0 spiro atoms. The molecule has 104 valence electrons. The highest BCUT2D eigenvalue weighted by Crippen LogP contribution is 2.28. The number of nitro benzene ring substituents is 2. The lowest BCUT2D eigenvalue weighted by molar-refractivity contribution is -0.393. The Labute approximate surface area is 108 Å². The van der Waals surface area contributed by atoms with Crippen LogP contribution < -0.4 is 5.32 Å². The van der Waals surface area contributed by atoms with E-state index in [4.69, 9.17) is 4.74 Å². The van der Waals surface area contributed by atoms with Crippen LogP contribution in [0.2, 0.25) is 0 Å². The van der Waals surface area contributed by atoms with Crippen molar-refractivity contribution in [1.82, 2.24) is 0 Å². The predicted octanol–water partition coefficient (Wildman–Crippen LogP) is 0.922. The summed E-state index contributed by atoms with van der Waals surface area (Å²) in [5.74, 6) is 0. The molecule has 0 aromatic heterocycles. The van der Waals surface area contributed by atoms with Gasteiger partial charge in [0.25, 0.3) is 11.4 Å².